The molecule has 6 aromatic carbocycles. The molecule has 0 aliphatic rings. The lowest BCUT2D eigenvalue weighted by atomic mass is 9.97. The van der Waals surface area contributed by atoms with E-state index in [1.807, 2.05) is 169 Å². The molecular weight excluding hydrogens is 619 g/mol. The van der Waals surface area contributed by atoms with Gasteiger partial charge < -0.3 is 0 Å². The Hall–Kier alpha value is -5.24. The third kappa shape index (κ3) is 6.35. The van der Waals surface area contributed by atoms with Crippen LogP contribution in [0, 0.1) is 41.5 Å². The van der Waals surface area contributed by atoms with Gasteiger partial charge in [-0.3, -0.25) is 14.4 Å². The van der Waals surface area contributed by atoms with E-state index in [4.69, 9.17) is 0 Å². The van der Waals surface area contributed by atoms with Crippen molar-refractivity contribution in [3.05, 3.63) is 194 Å². The smallest absolute Gasteiger partial charge is 0.193 e. The Kier molecular flexibility index (Phi) is 9.67. The topological polar surface area (TPSA) is 51.2 Å². The fraction of sp³-hybridized carbons (Fsp3) is 0.133. The van der Waals surface area contributed by atoms with E-state index in [0.29, 0.717) is 33.4 Å². The molecule has 6 aromatic rings. The average Bonchev–Trinajstić information content (AvgIpc) is 3.09. The molecule has 3 nitrogen and oxygen atoms in total. The van der Waals surface area contributed by atoms with Gasteiger partial charge in [-0.1, -0.05) is 127 Å². The van der Waals surface area contributed by atoms with E-state index < -0.39 is 7.92 Å². The van der Waals surface area contributed by atoms with Gasteiger partial charge in [-0.25, -0.2) is 0 Å². The molecule has 0 atom stereocenters. The Morgan fingerprint density at radius 1 is 0.306 bits per heavy atom. The first-order valence-corrected chi connectivity index (χ1v) is 17.8. The van der Waals surface area contributed by atoms with Crippen LogP contribution in [0.5, 0.6) is 0 Å². The van der Waals surface area contributed by atoms with Gasteiger partial charge in [-0.2, -0.15) is 0 Å². The van der Waals surface area contributed by atoms with E-state index in [1.165, 1.54) is 0 Å². The quantitative estimate of drug-likeness (QED) is 0.115. The molecule has 0 heterocycles. The zero-order valence-corrected chi connectivity index (χ0v) is 29.7. The molecule has 0 aliphatic carbocycles. The van der Waals surface area contributed by atoms with Crippen LogP contribution in [-0.2, 0) is 0 Å². The van der Waals surface area contributed by atoms with Crippen molar-refractivity contribution in [1.29, 1.82) is 0 Å². The summed E-state index contributed by atoms with van der Waals surface area (Å²) in [4.78, 5) is 43.9. The molecule has 0 fully saturated rings. The van der Waals surface area contributed by atoms with Gasteiger partial charge in [0.15, 0.2) is 17.3 Å². The molecule has 0 radical (unpaired) electrons. The maximum absolute atomic E-state index is 14.6. The zero-order valence-electron chi connectivity index (χ0n) is 28.8. The van der Waals surface area contributed by atoms with E-state index in [-0.39, 0.29) is 17.3 Å². The number of hydrogen-bond acceptors (Lipinski definition) is 3. The molecule has 0 unspecified atom stereocenters. The van der Waals surface area contributed by atoms with E-state index in [9.17, 15) is 14.4 Å². The normalized spacial score (nSPS) is 11.1. The lowest BCUT2D eigenvalue weighted by molar-refractivity contribution is 0.103. The second-order valence-electron chi connectivity index (χ2n) is 12.7. The van der Waals surface area contributed by atoms with Crippen LogP contribution in [0.3, 0.4) is 0 Å². The number of rotatable bonds is 9. The second kappa shape index (κ2) is 14.1. The Balaban J connectivity index is 1.73. The van der Waals surface area contributed by atoms with Crippen molar-refractivity contribution < 1.29 is 14.4 Å². The molecule has 0 aromatic heterocycles. The van der Waals surface area contributed by atoms with Crippen LogP contribution >= 0.6 is 7.92 Å². The summed E-state index contributed by atoms with van der Waals surface area (Å²) in [5.41, 5.74) is 9.10. The minimum absolute atomic E-state index is 0.0787. The number of benzene rings is 6. The SMILES string of the molecule is Cc1ccccc1C(=O)c1cccc(C)c1P(c1c(C)cccc1C(=O)c1ccccc1C)c1c(C)cccc1C(=O)c1ccccc1C. The van der Waals surface area contributed by atoms with Crippen molar-refractivity contribution in [2.45, 2.75) is 41.5 Å². The summed E-state index contributed by atoms with van der Waals surface area (Å²) < 4.78 is 0. The fourth-order valence-corrected chi connectivity index (χ4v) is 9.87. The molecule has 0 N–H and O–H groups in total. The molecule has 0 saturated heterocycles. The highest BCUT2D eigenvalue weighted by atomic mass is 31.1. The van der Waals surface area contributed by atoms with Crippen LogP contribution in [0.15, 0.2) is 127 Å². The van der Waals surface area contributed by atoms with E-state index in [2.05, 4.69) is 0 Å². The lowest BCUT2D eigenvalue weighted by Crippen LogP contribution is -2.35. The molecule has 0 aliphatic heterocycles. The molecule has 6 rings (SSSR count). The molecule has 0 bridgehead atoms. The average molecular weight is 659 g/mol. The number of aryl methyl sites for hydroxylation is 6. The third-order valence-electron chi connectivity index (χ3n) is 9.29. The molecule has 0 spiro atoms. The highest BCUT2D eigenvalue weighted by Gasteiger charge is 2.34. The highest BCUT2D eigenvalue weighted by Crippen LogP contribution is 2.42. The summed E-state index contributed by atoms with van der Waals surface area (Å²) in [5, 5.41) is 2.56. The summed E-state index contributed by atoms with van der Waals surface area (Å²) in [5.74, 6) is -0.236. The number of carbonyl (C=O) groups is 3. The van der Waals surface area contributed by atoms with E-state index >= 15 is 0 Å². The molecule has 49 heavy (non-hydrogen) atoms. The largest absolute Gasteiger partial charge is 0.289 e. The van der Waals surface area contributed by atoms with Gasteiger partial charge in [0.2, 0.25) is 0 Å². The van der Waals surface area contributed by atoms with Gasteiger partial charge in [0.25, 0.3) is 0 Å². The van der Waals surface area contributed by atoms with Gasteiger partial charge >= 0.3 is 0 Å². The summed E-state index contributed by atoms with van der Waals surface area (Å²) in [6.07, 6.45) is 0. The monoisotopic (exact) mass is 658 g/mol. The Morgan fingerprint density at radius 3 is 0.796 bits per heavy atom. The van der Waals surface area contributed by atoms with Crippen LogP contribution in [0.2, 0.25) is 0 Å². The second-order valence-corrected chi connectivity index (χ2v) is 14.7. The van der Waals surface area contributed by atoms with E-state index in [1.54, 1.807) is 0 Å². The Bertz CT molecular complexity index is 2010. The van der Waals surface area contributed by atoms with Gasteiger partial charge in [0, 0.05) is 33.4 Å². The van der Waals surface area contributed by atoms with Crippen LogP contribution < -0.4 is 15.9 Å². The molecular formula is C45H39O3P. The summed E-state index contributed by atoms with van der Waals surface area (Å²) in [7, 11) is -1.63. The molecule has 242 valence electrons. The van der Waals surface area contributed by atoms with Gasteiger partial charge in [-0.15, -0.1) is 0 Å². The van der Waals surface area contributed by atoms with Crippen molar-refractivity contribution in [3.8, 4) is 0 Å². The van der Waals surface area contributed by atoms with Crippen molar-refractivity contribution in [1.82, 2.24) is 0 Å². The van der Waals surface area contributed by atoms with E-state index in [0.717, 1.165) is 49.3 Å². The Labute approximate surface area is 290 Å². The first-order valence-electron chi connectivity index (χ1n) is 16.5. The van der Waals surface area contributed by atoms with Gasteiger partial charge in [0.05, 0.1) is 0 Å². The third-order valence-corrected chi connectivity index (χ3v) is 12.4. The fourth-order valence-electron chi connectivity index (χ4n) is 6.67. The lowest BCUT2D eigenvalue weighted by Gasteiger charge is -2.30. The predicted octanol–water partition coefficient (Wildman–Crippen LogP) is 8.99. The highest BCUT2D eigenvalue weighted by molar-refractivity contribution is 7.80. The predicted molar refractivity (Wildman–Crippen MR) is 203 cm³/mol. The number of ketones is 3. The summed E-state index contributed by atoms with van der Waals surface area (Å²) in [6, 6.07) is 40.5. The van der Waals surface area contributed by atoms with Crippen LogP contribution in [0.4, 0.5) is 0 Å². The summed E-state index contributed by atoms with van der Waals surface area (Å²) in [6.45, 7) is 11.9. The van der Waals surface area contributed by atoms with Crippen molar-refractivity contribution in [3.63, 3.8) is 0 Å². The first-order chi connectivity index (χ1) is 23.6. The first kappa shape index (κ1) is 33.7. The van der Waals surface area contributed by atoms with Crippen LogP contribution in [0.1, 0.15) is 81.1 Å². The van der Waals surface area contributed by atoms with Crippen LogP contribution in [-0.4, -0.2) is 17.3 Å². The minimum atomic E-state index is -1.63. The maximum atomic E-state index is 14.6. The van der Waals surface area contributed by atoms with Crippen molar-refractivity contribution >= 4 is 41.2 Å². The molecule has 0 amide bonds. The summed E-state index contributed by atoms with van der Waals surface area (Å²) >= 11 is 0. The number of carbonyl (C=O) groups excluding carboxylic acids is 3. The van der Waals surface area contributed by atoms with Crippen molar-refractivity contribution in [2.24, 2.45) is 0 Å². The standard InChI is InChI=1S/C45H39O3P/c1-28-16-7-10-22-34(28)40(46)37-25-13-19-31(4)43(37)49(44-32(5)20-14-26-38(44)41(47)35-23-11-8-17-29(35)2)45-33(6)21-15-27-39(45)42(48)36-24-12-9-18-30(36)3/h7-27H,1-6H3. The molecule has 0 saturated carbocycles. The number of hydrogen-bond donors (Lipinski definition) is 0. The van der Waals surface area contributed by atoms with Crippen molar-refractivity contribution in [2.75, 3.05) is 0 Å². The minimum Gasteiger partial charge on any atom is -0.289 e. The maximum Gasteiger partial charge on any atom is 0.193 e. The Morgan fingerprint density at radius 2 is 0.531 bits per heavy atom. The van der Waals surface area contributed by atoms with Crippen LogP contribution in [0.25, 0.3) is 0 Å². The van der Waals surface area contributed by atoms with Gasteiger partial charge in [-0.05, 0) is 98.8 Å². The van der Waals surface area contributed by atoms with Gasteiger partial charge in [0.1, 0.15) is 0 Å². The molecule has 4 heteroatoms. The zero-order chi connectivity index (χ0) is 34.8.